The molecule has 4 rings (SSSR count). The lowest BCUT2D eigenvalue weighted by Gasteiger charge is -2.27. The number of nitrogens with zero attached hydrogens (tertiary/aromatic N) is 1. The summed E-state index contributed by atoms with van der Waals surface area (Å²) < 4.78 is 16.1. The largest absolute Gasteiger partial charge is 0.497 e. The molecule has 2 aromatic rings. The Bertz CT molecular complexity index is 959. The highest BCUT2D eigenvalue weighted by Gasteiger charge is 2.55. The summed E-state index contributed by atoms with van der Waals surface area (Å²) in [5.41, 5.74) is -0.366. The number of fused-ring (bicyclic) bond motifs is 1. The predicted molar refractivity (Wildman–Crippen MR) is 117 cm³/mol. The smallest absolute Gasteiger partial charge is 0.305 e. The highest BCUT2D eigenvalue weighted by Crippen LogP contribution is 2.40. The Morgan fingerprint density at radius 1 is 1.00 bits per heavy atom. The zero-order chi connectivity index (χ0) is 22.6. The molecule has 0 atom stereocenters. The van der Waals surface area contributed by atoms with Gasteiger partial charge in [-0.25, -0.2) is 0 Å². The average Bonchev–Trinajstić information content (AvgIpc) is 3.06. The van der Waals surface area contributed by atoms with E-state index in [9.17, 15) is 14.4 Å². The predicted octanol–water partition coefficient (Wildman–Crippen LogP) is 2.67. The van der Waals surface area contributed by atoms with Crippen LogP contribution in [0.5, 0.6) is 5.75 Å². The van der Waals surface area contributed by atoms with Crippen LogP contribution >= 0.6 is 0 Å². The third-order valence-corrected chi connectivity index (χ3v) is 6.18. The molecular weight excluding hydrogens is 410 g/mol. The van der Waals surface area contributed by atoms with Crippen LogP contribution in [0.4, 0.5) is 0 Å². The van der Waals surface area contributed by atoms with E-state index >= 15 is 0 Å². The van der Waals surface area contributed by atoms with E-state index < -0.39 is 11.4 Å². The fraction of sp³-hybridized carbons (Fsp3) is 0.400. The van der Waals surface area contributed by atoms with Crippen LogP contribution in [0.2, 0.25) is 0 Å². The summed E-state index contributed by atoms with van der Waals surface area (Å²) in [7, 11) is 1.55. The van der Waals surface area contributed by atoms with Gasteiger partial charge in [-0.05, 0) is 30.7 Å². The monoisotopic (exact) mass is 437 g/mol. The molecule has 2 aliphatic rings. The Labute approximate surface area is 187 Å². The summed E-state index contributed by atoms with van der Waals surface area (Å²) in [6.07, 6.45) is 0.877. The third-order valence-electron chi connectivity index (χ3n) is 6.18. The first kappa shape index (κ1) is 22.2. The molecule has 1 heterocycles. The number of ether oxygens (including phenoxy) is 3. The summed E-state index contributed by atoms with van der Waals surface area (Å²) in [6.45, 7) is 3.60. The van der Waals surface area contributed by atoms with Gasteiger partial charge in [0.1, 0.15) is 12.4 Å². The molecule has 0 unspecified atom stereocenters. The van der Waals surface area contributed by atoms with Gasteiger partial charge in [0.15, 0.2) is 17.0 Å². The van der Waals surface area contributed by atoms with Crippen LogP contribution in [0.15, 0.2) is 48.5 Å². The molecule has 2 aromatic carbocycles. The maximum Gasteiger partial charge on any atom is 0.305 e. The van der Waals surface area contributed by atoms with Crippen molar-refractivity contribution in [1.29, 1.82) is 0 Å². The van der Waals surface area contributed by atoms with Gasteiger partial charge in [-0.15, -0.1) is 0 Å². The second kappa shape index (κ2) is 9.63. The van der Waals surface area contributed by atoms with Crippen LogP contribution in [-0.4, -0.2) is 69.0 Å². The number of morpholine rings is 1. The Hall–Kier alpha value is -3.03. The topological polar surface area (TPSA) is 82.1 Å². The minimum atomic E-state index is -1.57. The molecule has 1 aliphatic carbocycles. The molecule has 7 heteroatoms. The highest BCUT2D eigenvalue weighted by atomic mass is 16.5. The number of hydrogen-bond donors (Lipinski definition) is 0. The number of carbonyl (C=O) groups excluding carboxylic acids is 3. The summed E-state index contributed by atoms with van der Waals surface area (Å²) >= 11 is 0. The average molecular weight is 437 g/mol. The molecule has 0 amide bonds. The molecule has 168 valence electrons. The first-order valence-electron chi connectivity index (χ1n) is 10.8. The SMILES string of the molecule is COc1ccc(C2(COC(=O)CCCN3CCOCC3)C(=O)c3ccccc3C2=O)cc1. The first-order valence-corrected chi connectivity index (χ1v) is 10.8. The zero-order valence-corrected chi connectivity index (χ0v) is 18.2. The molecule has 0 aromatic heterocycles. The number of hydrogen-bond acceptors (Lipinski definition) is 7. The van der Waals surface area contributed by atoms with Crippen molar-refractivity contribution in [3.63, 3.8) is 0 Å². The Morgan fingerprint density at radius 2 is 1.62 bits per heavy atom. The number of esters is 1. The van der Waals surface area contributed by atoms with E-state index in [4.69, 9.17) is 14.2 Å². The molecule has 0 saturated carbocycles. The van der Waals surface area contributed by atoms with Crippen LogP contribution in [0, 0.1) is 0 Å². The van der Waals surface area contributed by atoms with Crippen molar-refractivity contribution in [3.8, 4) is 5.75 Å². The van der Waals surface area contributed by atoms with Gasteiger partial charge in [0.2, 0.25) is 0 Å². The Kier molecular flexibility index (Phi) is 6.67. The molecule has 1 fully saturated rings. The fourth-order valence-corrected chi connectivity index (χ4v) is 4.33. The van der Waals surface area contributed by atoms with Gasteiger partial charge in [-0.3, -0.25) is 19.3 Å². The normalized spacial score (nSPS) is 17.8. The molecule has 0 bridgehead atoms. The molecule has 1 saturated heterocycles. The van der Waals surface area contributed by atoms with Crippen LogP contribution < -0.4 is 4.74 Å². The summed E-state index contributed by atoms with van der Waals surface area (Å²) in [5.74, 6) is -0.490. The van der Waals surface area contributed by atoms with Gasteiger partial charge < -0.3 is 14.2 Å². The fourth-order valence-electron chi connectivity index (χ4n) is 4.33. The number of ketones is 2. The van der Waals surface area contributed by atoms with Gasteiger partial charge in [0.05, 0.1) is 20.3 Å². The summed E-state index contributed by atoms with van der Waals surface area (Å²) in [5, 5.41) is 0. The van der Waals surface area contributed by atoms with Crippen molar-refractivity contribution < 1.29 is 28.6 Å². The van der Waals surface area contributed by atoms with Crippen molar-refractivity contribution in [2.75, 3.05) is 46.6 Å². The number of rotatable bonds is 8. The van der Waals surface area contributed by atoms with Crippen LogP contribution in [0.3, 0.4) is 0 Å². The van der Waals surface area contributed by atoms with Crippen molar-refractivity contribution in [2.24, 2.45) is 0 Å². The Morgan fingerprint density at radius 3 is 2.22 bits per heavy atom. The number of carbonyl (C=O) groups is 3. The maximum atomic E-state index is 13.5. The number of methoxy groups -OCH3 is 1. The van der Waals surface area contributed by atoms with E-state index in [1.54, 1.807) is 55.6 Å². The van der Waals surface area contributed by atoms with E-state index in [0.717, 1.165) is 19.6 Å². The van der Waals surface area contributed by atoms with Crippen molar-refractivity contribution in [3.05, 3.63) is 65.2 Å². The van der Waals surface area contributed by atoms with E-state index in [1.165, 1.54) is 0 Å². The second-order valence-electron chi connectivity index (χ2n) is 8.06. The van der Waals surface area contributed by atoms with E-state index in [0.29, 0.717) is 42.1 Å². The number of benzene rings is 2. The molecule has 32 heavy (non-hydrogen) atoms. The highest BCUT2D eigenvalue weighted by molar-refractivity contribution is 6.33. The summed E-state index contributed by atoms with van der Waals surface area (Å²) in [6, 6.07) is 13.5. The molecular formula is C25H27NO6. The second-order valence-corrected chi connectivity index (χ2v) is 8.06. The van der Waals surface area contributed by atoms with Gasteiger partial charge in [-0.1, -0.05) is 36.4 Å². The van der Waals surface area contributed by atoms with Crippen molar-refractivity contribution in [2.45, 2.75) is 18.3 Å². The van der Waals surface area contributed by atoms with Gasteiger partial charge >= 0.3 is 5.97 Å². The molecule has 7 nitrogen and oxygen atoms in total. The van der Waals surface area contributed by atoms with Crippen molar-refractivity contribution in [1.82, 2.24) is 4.90 Å². The van der Waals surface area contributed by atoms with Crippen LogP contribution in [0.25, 0.3) is 0 Å². The first-order chi connectivity index (χ1) is 15.6. The van der Waals surface area contributed by atoms with Crippen molar-refractivity contribution >= 4 is 17.5 Å². The molecule has 0 N–H and O–H groups in total. The lowest BCUT2D eigenvalue weighted by Crippen LogP contribution is -2.43. The number of Topliss-reactive ketones (excluding diaryl/α,β-unsaturated/α-hetero) is 2. The molecule has 0 spiro atoms. The summed E-state index contributed by atoms with van der Waals surface area (Å²) in [4.78, 5) is 41.7. The quantitative estimate of drug-likeness (QED) is 0.464. The lowest BCUT2D eigenvalue weighted by molar-refractivity contribution is -0.144. The van der Waals surface area contributed by atoms with Crippen LogP contribution in [0.1, 0.15) is 39.1 Å². The standard InChI is InChI=1S/C25H27NO6/c1-30-19-10-8-18(9-11-19)25(23(28)20-5-2-3-6-21(20)24(25)29)17-32-22(27)7-4-12-26-13-15-31-16-14-26/h2-3,5-6,8-11H,4,7,12-17H2,1H3. The van der Waals surface area contributed by atoms with Gasteiger partial charge in [-0.2, -0.15) is 0 Å². The van der Waals surface area contributed by atoms with Crippen LogP contribution in [-0.2, 0) is 19.7 Å². The minimum Gasteiger partial charge on any atom is -0.497 e. The Balaban J connectivity index is 1.50. The van der Waals surface area contributed by atoms with E-state index in [-0.39, 0.29) is 24.6 Å². The zero-order valence-electron chi connectivity index (χ0n) is 18.2. The molecule has 1 aliphatic heterocycles. The lowest BCUT2D eigenvalue weighted by atomic mass is 9.76. The van der Waals surface area contributed by atoms with Gasteiger partial charge in [0.25, 0.3) is 0 Å². The molecule has 0 radical (unpaired) electrons. The maximum absolute atomic E-state index is 13.5. The van der Waals surface area contributed by atoms with E-state index in [1.807, 2.05) is 0 Å². The minimum absolute atomic E-state index is 0.228. The van der Waals surface area contributed by atoms with Gasteiger partial charge in [0, 0.05) is 30.6 Å². The van der Waals surface area contributed by atoms with E-state index in [2.05, 4.69) is 4.90 Å². The third kappa shape index (κ3) is 4.18.